The molecule has 0 saturated carbocycles. The number of benzene rings is 1. The van der Waals surface area contributed by atoms with Gasteiger partial charge in [-0.15, -0.1) is 0 Å². The van der Waals surface area contributed by atoms with Crippen molar-refractivity contribution in [3.05, 3.63) is 48.2 Å². The molecule has 2 heteroatoms. The Morgan fingerprint density at radius 3 is 3.00 bits per heavy atom. The van der Waals surface area contributed by atoms with Crippen LogP contribution in [0.4, 0.5) is 11.4 Å². The normalized spacial score (nSPS) is 22.7. The fraction of sp³-hybridized carbons (Fsp3) is 0.286. The van der Waals surface area contributed by atoms with Crippen LogP contribution in [0.2, 0.25) is 0 Å². The highest BCUT2D eigenvalue weighted by Gasteiger charge is 2.27. The first-order chi connectivity index (χ1) is 7.86. The lowest BCUT2D eigenvalue weighted by Gasteiger charge is -2.27. The minimum Gasteiger partial charge on any atom is -0.363 e. The average molecular weight is 212 g/mol. The summed E-state index contributed by atoms with van der Waals surface area (Å²) in [5, 5.41) is 3.51. The number of hydrogen-bond acceptors (Lipinski definition) is 2. The summed E-state index contributed by atoms with van der Waals surface area (Å²) in [5.41, 5.74) is 3.95. The van der Waals surface area contributed by atoms with Gasteiger partial charge in [0.2, 0.25) is 0 Å². The lowest BCUT2D eigenvalue weighted by atomic mass is 10.1. The van der Waals surface area contributed by atoms with E-state index in [-0.39, 0.29) is 0 Å². The molecule has 0 amide bonds. The van der Waals surface area contributed by atoms with Gasteiger partial charge in [-0.05, 0) is 38.0 Å². The van der Waals surface area contributed by atoms with Crippen molar-refractivity contribution in [1.82, 2.24) is 0 Å². The van der Waals surface area contributed by atoms with E-state index in [0.717, 1.165) is 12.8 Å². The first kappa shape index (κ1) is 9.52. The van der Waals surface area contributed by atoms with Gasteiger partial charge in [0, 0.05) is 5.70 Å². The van der Waals surface area contributed by atoms with Crippen LogP contribution in [0.15, 0.2) is 48.2 Å². The molecule has 3 rings (SSSR count). The first-order valence-corrected chi connectivity index (χ1v) is 5.87. The SMILES string of the molecule is CC1Nc2ccccc2N1C1=CC=CCC1. The Labute approximate surface area is 96.3 Å². The summed E-state index contributed by atoms with van der Waals surface area (Å²) in [7, 11) is 0. The van der Waals surface area contributed by atoms with Crippen molar-refractivity contribution in [3.8, 4) is 0 Å². The van der Waals surface area contributed by atoms with Crippen molar-refractivity contribution in [2.75, 3.05) is 10.2 Å². The molecule has 1 N–H and O–H groups in total. The first-order valence-electron chi connectivity index (χ1n) is 5.87. The number of nitrogens with one attached hydrogen (secondary N) is 1. The molecule has 1 atom stereocenters. The Kier molecular flexibility index (Phi) is 2.21. The van der Waals surface area contributed by atoms with Crippen LogP contribution in [0.1, 0.15) is 19.8 Å². The number of para-hydroxylation sites is 2. The van der Waals surface area contributed by atoms with Gasteiger partial charge in [-0.3, -0.25) is 0 Å². The molecular formula is C14H16N2. The van der Waals surface area contributed by atoms with Crippen molar-refractivity contribution in [2.24, 2.45) is 0 Å². The van der Waals surface area contributed by atoms with Crippen molar-refractivity contribution in [2.45, 2.75) is 25.9 Å². The van der Waals surface area contributed by atoms with Crippen LogP contribution < -0.4 is 10.2 Å². The van der Waals surface area contributed by atoms with Crippen LogP contribution in [0.3, 0.4) is 0 Å². The maximum Gasteiger partial charge on any atom is 0.101 e. The topological polar surface area (TPSA) is 15.3 Å². The Bertz CT molecular complexity index is 460. The fourth-order valence-corrected chi connectivity index (χ4v) is 2.50. The molecule has 1 aromatic rings. The predicted molar refractivity (Wildman–Crippen MR) is 68.5 cm³/mol. The van der Waals surface area contributed by atoms with E-state index in [1.165, 1.54) is 17.1 Å². The van der Waals surface area contributed by atoms with E-state index in [1.54, 1.807) is 0 Å². The minimum atomic E-state index is 0.357. The zero-order valence-electron chi connectivity index (χ0n) is 9.48. The Hall–Kier alpha value is -1.70. The Morgan fingerprint density at radius 2 is 2.19 bits per heavy atom. The molecule has 1 aromatic carbocycles. The Balaban J connectivity index is 2.01. The Morgan fingerprint density at radius 1 is 1.31 bits per heavy atom. The summed E-state index contributed by atoms with van der Waals surface area (Å²) in [6, 6.07) is 8.51. The largest absolute Gasteiger partial charge is 0.363 e. The molecular weight excluding hydrogens is 196 g/mol. The smallest absolute Gasteiger partial charge is 0.101 e. The highest BCUT2D eigenvalue weighted by molar-refractivity contribution is 5.78. The molecule has 0 fully saturated rings. The highest BCUT2D eigenvalue weighted by Crippen LogP contribution is 2.38. The summed E-state index contributed by atoms with van der Waals surface area (Å²) >= 11 is 0. The van der Waals surface area contributed by atoms with Crippen molar-refractivity contribution in [3.63, 3.8) is 0 Å². The van der Waals surface area contributed by atoms with E-state index in [9.17, 15) is 0 Å². The number of rotatable bonds is 1. The van der Waals surface area contributed by atoms with Crippen molar-refractivity contribution < 1.29 is 0 Å². The van der Waals surface area contributed by atoms with Crippen molar-refractivity contribution in [1.29, 1.82) is 0 Å². The second-order valence-electron chi connectivity index (χ2n) is 4.33. The van der Waals surface area contributed by atoms with Gasteiger partial charge in [-0.1, -0.05) is 24.3 Å². The summed E-state index contributed by atoms with van der Waals surface area (Å²) in [6.07, 6.45) is 9.25. The van der Waals surface area contributed by atoms with Crippen LogP contribution in [0, 0.1) is 0 Å². The third-order valence-electron chi connectivity index (χ3n) is 3.22. The zero-order chi connectivity index (χ0) is 11.0. The lowest BCUT2D eigenvalue weighted by Crippen LogP contribution is -2.32. The molecule has 0 spiro atoms. The van der Waals surface area contributed by atoms with E-state index in [4.69, 9.17) is 0 Å². The van der Waals surface area contributed by atoms with Gasteiger partial charge >= 0.3 is 0 Å². The molecule has 1 unspecified atom stereocenters. The molecule has 1 aliphatic carbocycles. The third-order valence-corrected chi connectivity index (χ3v) is 3.22. The summed E-state index contributed by atoms with van der Waals surface area (Å²) in [4.78, 5) is 2.40. The number of anilines is 2. The number of fused-ring (bicyclic) bond motifs is 1. The van der Waals surface area contributed by atoms with Crippen LogP contribution in [0.5, 0.6) is 0 Å². The van der Waals surface area contributed by atoms with Gasteiger partial charge < -0.3 is 10.2 Å². The molecule has 1 heterocycles. The monoisotopic (exact) mass is 212 g/mol. The quantitative estimate of drug-likeness (QED) is 0.766. The van der Waals surface area contributed by atoms with E-state index in [2.05, 4.69) is 59.6 Å². The average Bonchev–Trinajstić information content (AvgIpc) is 2.66. The molecule has 2 aliphatic rings. The van der Waals surface area contributed by atoms with Gasteiger partial charge in [0.15, 0.2) is 0 Å². The van der Waals surface area contributed by atoms with E-state index >= 15 is 0 Å². The van der Waals surface area contributed by atoms with Crippen LogP contribution >= 0.6 is 0 Å². The van der Waals surface area contributed by atoms with E-state index in [0.29, 0.717) is 6.17 Å². The molecule has 0 saturated heterocycles. The number of allylic oxidation sites excluding steroid dienone is 4. The second-order valence-corrected chi connectivity index (χ2v) is 4.33. The number of hydrogen-bond donors (Lipinski definition) is 1. The maximum absolute atomic E-state index is 3.51. The third kappa shape index (κ3) is 1.42. The number of nitrogens with zero attached hydrogens (tertiary/aromatic N) is 1. The van der Waals surface area contributed by atoms with Gasteiger partial charge in [0.1, 0.15) is 6.17 Å². The van der Waals surface area contributed by atoms with Crippen molar-refractivity contribution >= 4 is 11.4 Å². The predicted octanol–water partition coefficient (Wildman–Crippen LogP) is 3.50. The van der Waals surface area contributed by atoms with Gasteiger partial charge in [0.25, 0.3) is 0 Å². The molecule has 0 bridgehead atoms. The van der Waals surface area contributed by atoms with Crippen LogP contribution in [-0.4, -0.2) is 6.17 Å². The maximum atomic E-state index is 3.51. The molecule has 1 aliphatic heterocycles. The van der Waals surface area contributed by atoms with E-state index < -0.39 is 0 Å². The van der Waals surface area contributed by atoms with Gasteiger partial charge in [-0.25, -0.2) is 0 Å². The van der Waals surface area contributed by atoms with Gasteiger partial charge in [-0.2, -0.15) is 0 Å². The minimum absolute atomic E-state index is 0.357. The lowest BCUT2D eigenvalue weighted by molar-refractivity contribution is 0.759. The van der Waals surface area contributed by atoms with Crippen LogP contribution in [0.25, 0.3) is 0 Å². The molecule has 2 nitrogen and oxygen atoms in total. The molecule has 82 valence electrons. The highest BCUT2D eigenvalue weighted by atomic mass is 15.3. The summed E-state index contributed by atoms with van der Waals surface area (Å²) in [6.45, 7) is 2.21. The molecule has 0 aromatic heterocycles. The van der Waals surface area contributed by atoms with Crippen LogP contribution in [-0.2, 0) is 0 Å². The molecule has 16 heavy (non-hydrogen) atoms. The fourth-order valence-electron chi connectivity index (χ4n) is 2.50. The summed E-state index contributed by atoms with van der Waals surface area (Å²) in [5.74, 6) is 0. The molecule has 0 radical (unpaired) electrons. The second kappa shape index (κ2) is 3.71. The van der Waals surface area contributed by atoms with Gasteiger partial charge in [0.05, 0.1) is 11.4 Å². The standard InChI is InChI=1S/C14H16N2/c1-11-15-13-9-5-6-10-14(13)16(11)12-7-3-2-4-8-12/h2-3,5-7,9-11,15H,4,8H2,1H3. The summed E-state index contributed by atoms with van der Waals surface area (Å²) < 4.78 is 0. The van der Waals surface area contributed by atoms with E-state index in [1.807, 2.05) is 0 Å². The zero-order valence-corrected chi connectivity index (χ0v) is 9.48.